The lowest BCUT2D eigenvalue weighted by Crippen LogP contribution is -2.46. The van der Waals surface area contributed by atoms with Gasteiger partial charge in [0.15, 0.2) is 0 Å². The summed E-state index contributed by atoms with van der Waals surface area (Å²) < 4.78 is 16.1. The van der Waals surface area contributed by atoms with Crippen LogP contribution in [0.4, 0.5) is 15.3 Å². The quantitative estimate of drug-likeness (QED) is 0.223. The highest BCUT2D eigenvalue weighted by atomic mass is 16.6. The van der Waals surface area contributed by atoms with E-state index in [0.717, 1.165) is 36.1 Å². The number of aromatic amines is 1. The van der Waals surface area contributed by atoms with Gasteiger partial charge >= 0.3 is 18.2 Å². The molecule has 1 aliphatic rings. The molecule has 218 valence electrons. The number of carbonyl (C=O) groups excluding carboxylic acids is 3. The van der Waals surface area contributed by atoms with Crippen molar-refractivity contribution in [3.8, 4) is 17.0 Å². The normalized spacial score (nSPS) is 13.2. The summed E-state index contributed by atoms with van der Waals surface area (Å²) in [5.74, 6) is -0.137. The summed E-state index contributed by atoms with van der Waals surface area (Å²) in [7, 11) is 1.31. The summed E-state index contributed by atoms with van der Waals surface area (Å²) in [5, 5.41) is 3.34. The number of esters is 1. The van der Waals surface area contributed by atoms with Crippen molar-refractivity contribution in [2.45, 2.75) is 58.2 Å². The molecule has 2 N–H and O–H groups in total. The number of aromatic nitrogens is 1. The molecule has 1 aromatic heterocycles. The number of hydrogen-bond acceptors (Lipinski definition) is 6. The second-order valence-corrected chi connectivity index (χ2v) is 11.4. The van der Waals surface area contributed by atoms with E-state index in [9.17, 15) is 14.4 Å². The molecular weight excluding hydrogens is 534 g/mol. The summed E-state index contributed by atoms with van der Waals surface area (Å²) in [6.45, 7) is 6.04. The second kappa shape index (κ2) is 12.0. The van der Waals surface area contributed by atoms with Crippen molar-refractivity contribution in [3.63, 3.8) is 0 Å². The minimum absolute atomic E-state index is 0.165. The van der Waals surface area contributed by atoms with Crippen molar-refractivity contribution in [1.82, 2.24) is 9.88 Å². The van der Waals surface area contributed by atoms with Crippen molar-refractivity contribution in [1.29, 1.82) is 0 Å². The van der Waals surface area contributed by atoms with Crippen LogP contribution in [0.5, 0.6) is 5.75 Å². The SMILES string of the molecule is COC(=O)c1cc(NC(=O)Oc2ccccc2)cc2[nH]c(-c3cccc(CN(C(=O)OC(C)(C)C)C4CCC4)c3)cc12. The molecule has 0 aliphatic heterocycles. The van der Waals surface area contributed by atoms with E-state index < -0.39 is 17.7 Å². The van der Waals surface area contributed by atoms with E-state index in [1.54, 1.807) is 36.4 Å². The van der Waals surface area contributed by atoms with E-state index in [0.29, 0.717) is 34.4 Å². The Hall–Kier alpha value is -4.79. The number of rotatable bonds is 7. The molecule has 4 aromatic rings. The lowest BCUT2D eigenvalue weighted by atomic mass is 9.91. The Bertz CT molecular complexity index is 1600. The van der Waals surface area contributed by atoms with Crippen molar-refractivity contribution < 1.29 is 28.6 Å². The van der Waals surface area contributed by atoms with Gasteiger partial charge in [-0.1, -0.05) is 36.4 Å². The number of benzene rings is 3. The molecule has 9 nitrogen and oxygen atoms in total. The van der Waals surface area contributed by atoms with Gasteiger partial charge in [-0.05, 0) is 87.6 Å². The van der Waals surface area contributed by atoms with Crippen LogP contribution in [0.2, 0.25) is 0 Å². The van der Waals surface area contributed by atoms with E-state index in [1.807, 2.05) is 62.1 Å². The molecule has 0 spiro atoms. The average molecular weight is 570 g/mol. The predicted octanol–water partition coefficient (Wildman–Crippen LogP) is 7.52. The van der Waals surface area contributed by atoms with E-state index in [-0.39, 0.29) is 12.1 Å². The van der Waals surface area contributed by atoms with Crippen molar-refractivity contribution in [2.24, 2.45) is 0 Å². The molecule has 1 aliphatic carbocycles. The number of amides is 2. The van der Waals surface area contributed by atoms with E-state index in [1.165, 1.54) is 7.11 Å². The standard InChI is InChI=1S/C33H35N3O6/c1-33(2,3)42-32(39)36(24-12-9-13-24)20-21-10-8-11-22(16-21)28-19-26-27(30(37)40-4)17-23(18-29(26)35-28)34-31(38)41-25-14-6-5-7-15-25/h5-8,10-11,14-19,24,35H,9,12-13,20H2,1-4H3,(H,34,38). The number of anilines is 1. The molecule has 2 amide bonds. The van der Waals surface area contributed by atoms with Gasteiger partial charge in [0.05, 0.1) is 12.7 Å². The molecule has 0 radical (unpaired) electrons. The third-order valence-corrected chi connectivity index (χ3v) is 7.08. The summed E-state index contributed by atoms with van der Waals surface area (Å²) in [4.78, 5) is 43.4. The summed E-state index contributed by atoms with van der Waals surface area (Å²) in [6, 6.07) is 22.0. The zero-order valence-electron chi connectivity index (χ0n) is 24.2. The van der Waals surface area contributed by atoms with Gasteiger partial charge in [0.2, 0.25) is 0 Å². The molecule has 5 rings (SSSR count). The molecule has 9 heteroatoms. The van der Waals surface area contributed by atoms with E-state index >= 15 is 0 Å². The largest absolute Gasteiger partial charge is 0.465 e. The average Bonchev–Trinajstić information content (AvgIpc) is 3.35. The Morgan fingerprint density at radius 3 is 2.40 bits per heavy atom. The molecule has 1 fully saturated rings. The Kier molecular flexibility index (Phi) is 8.20. The predicted molar refractivity (Wildman–Crippen MR) is 161 cm³/mol. The fraction of sp³-hybridized carbons (Fsp3) is 0.303. The van der Waals surface area contributed by atoms with E-state index in [2.05, 4.69) is 10.3 Å². The van der Waals surface area contributed by atoms with Gasteiger partial charge in [-0.15, -0.1) is 0 Å². The van der Waals surface area contributed by atoms with Crippen molar-refractivity contribution >= 4 is 34.7 Å². The van der Waals surface area contributed by atoms with Gasteiger partial charge in [-0.2, -0.15) is 0 Å². The monoisotopic (exact) mass is 569 g/mol. The van der Waals surface area contributed by atoms with Crippen LogP contribution in [-0.2, 0) is 16.0 Å². The number of nitrogens with zero attached hydrogens (tertiary/aromatic N) is 1. The zero-order chi connectivity index (χ0) is 29.9. The van der Waals surface area contributed by atoms with Crippen LogP contribution in [-0.4, -0.2) is 46.8 Å². The zero-order valence-corrected chi connectivity index (χ0v) is 24.2. The number of H-pyrrole nitrogens is 1. The van der Waals surface area contributed by atoms with Crippen LogP contribution in [0.15, 0.2) is 72.8 Å². The molecule has 0 saturated heterocycles. The first kappa shape index (κ1) is 28.7. The number of fused-ring (bicyclic) bond motifs is 1. The fourth-order valence-corrected chi connectivity index (χ4v) is 4.88. The van der Waals surface area contributed by atoms with Gasteiger partial charge in [0.1, 0.15) is 11.4 Å². The van der Waals surface area contributed by atoms with Crippen LogP contribution < -0.4 is 10.1 Å². The molecule has 0 unspecified atom stereocenters. The first-order valence-electron chi connectivity index (χ1n) is 14.0. The topological polar surface area (TPSA) is 110 Å². The van der Waals surface area contributed by atoms with Crippen LogP contribution in [0, 0.1) is 0 Å². The number of nitrogens with one attached hydrogen (secondary N) is 2. The first-order valence-corrected chi connectivity index (χ1v) is 14.0. The third kappa shape index (κ3) is 6.74. The summed E-state index contributed by atoms with van der Waals surface area (Å²) >= 11 is 0. The lowest BCUT2D eigenvalue weighted by molar-refractivity contribution is 0.00459. The number of carbonyl (C=O) groups is 3. The highest BCUT2D eigenvalue weighted by Crippen LogP contribution is 2.32. The highest BCUT2D eigenvalue weighted by molar-refractivity contribution is 6.07. The van der Waals surface area contributed by atoms with Gasteiger partial charge in [-0.3, -0.25) is 5.32 Å². The van der Waals surface area contributed by atoms with E-state index in [4.69, 9.17) is 14.2 Å². The summed E-state index contributed by atoms with van der Waals surface area (Å²) in [5.41, 5.74) is 3.35. The van der Waals surface area contributed by atoms with Crippen molar-refractivity contribution in [3.05, 3.63) is 83.9 Å². The Morgan fingerprint density at radius 2 is 1.74 bits per heavy atom. The highest BCUT2D eigenvalue weighted by Gasteiger charge is 2.32. The minimum atomic E-state index is -0.683. The Balaban J connectivity index is 1.42. The van der Waals surface area contributed by atoms with Crippen LogP contribution in [0.1, 0.15) is 56.0 Å². The number of methoxy groups -OCH3 is 1. The Morgan fingerprint density at radius 1 is 0.976 bits per heavy atom. The van der Waals surface area contributed by atoms with Gasteiger partial charge in [0, 0.05) is 34.9 Å². The summed E-state index contributed by atoms with van der Waals surface area (Å²) in [6.07, 6.45) is 2.04. The first-order chi connectivity index (χ1) is 20.1. The lowest BCUT2D eigenvalue weighted by Gasteiger charge is -2.38. The maximum Gasteiger partial charge on any atom is 0.417 e. The molecule has 0 atom stereocenters. The number of hydrogen-bond donors (Lipinski definition) is 2. The van der Waals surface area contributed by atoms with Gasteiger partial charge in [-0.25, -0.2) is 14.4 Å². The van der Waals surface area contributed by atoms with Crippen LogP contribution in [0.3, 0.4) is 0 Å². The number of para-hydroxylation sites is 1. The smallest absolute Gasteiger partial charge is 0.417 e. The number of ether oxygens (including phenoxy) is 3. The second-order valence-electron chi connectivity index (χ2n) is 11.4. The van der Waals surface area contributed by atoms with Gasteiger partial charge in [0.25, 0.3) is 0 Å². The third-order valence-electron chi connectivity index (χ3n) is 7.08. The molecule has 0 bridgehead atoms. The molecular formula is C33H35N3O6. The molecule has 1 heterocycles. The molecule has 1 saturated carbocycles. The van der Waals surface area contributed by atoms with Crippen molar-refractivity contribution in [2.75, 3.05) is 12.4 Å². The minimum Gasteiger partial charge on any atom is -0.465 e. The van der Waals surface area contributed by atoms with Crippen LogP contribution in [0.25, 0.3) is 22.2 Å². The molecule has 3 aromatic carbocycles. The fourth-order valence-electron chi connectivity index (χ4n) is 4.88. The van der Waals surface area contributed by atoms with Gasteiger partial charge < -0.3 is 24.1 Å². The Labute approximate surface area is 244 Å². The molecule has 42 heavy (non-hydrogen) atoms. The maximum atomic E-state index is 13.0. The van der Waals surface area contributed by atoms with Crippen LogP contribution >= 0.6 is 0 Å². The maximum absolute atomic E-state index is 13.0.